The first kappa shape index (κ1) is 21.2. The summed E-state index contributed by atoms with van der Waals surface area (Å²) in [7, 11) is 0. The number of carbonyl (C=O) groups excluding carboxylic acids is 1. The highest BCUT2D eigenvalue weighted by molar-refractivity contribution is 6.05. The van der Waals surface area contributed by atoms with Crippen molar-refractivity contribution < 1.29 is 9.53 Å². The van der Waals surface area contributed by atoms with E-state index in [2.05, 4.69) is 40.0 Å². The first-order valence-corrected chi connectivity index (χ1v) is 12.0. The standard InChI is InChI=1S/C27H33N3O2/c1-4-30-15-5-11-27(30)12-8-22(17-27)21-6-7-24-23(16-21)25(18(2)29-24)26(31)32-19(3)20-9-13-28-14-10-20/h6-7,9-10,13-14,16,19,22,29H,4-5,8,11-12,15,17H2,1-3H3. The second-order valence-corrected chi connectivity index (χ2v) is 9.61. The van der Waals surface area contributed by atoms with Crippen LogP contribution in [0.15, 0.2) is 42.7 Å². The number of H-pyrrole nitrogens is 1. The van der Waals surface area contributed by atoms with Crippen LogP contribution in [0.2, 0.25) is 0 Å². The van der Waals surface area contributed by atoms with Crippen LogP contribution in [0, 0.1) is 6.92 Å². The number of aryl methyl sites for hydroxylation is 1. The van der Waals surface area contributed by atoms with E-state index in [-0.39, 0.29) is 12.1 Å². The molecule has 3 atom stereocenters. The molecule has 168 valence electrons. The lowest BCUT2D eigenvalue weighted by atomic mass is 9.89. The van der Waals surface area contributed by atoms with E-state index in [0.29, 0.717) is 17.0 Å². The van der Waals surface area contributed by atoms with Crippen molar-refractivity contribution in [3.8, 4) is 0 Å². The lowest BCUT2D eigenvalue weighted by Gasteiger charge is -2.34. The van der Waals surface area contributed by atoms with E-state index in [1.54, 1.807) is 12.4 Å². The van der Waals surface area contributed by atoms with E-state index < -0.39 is 0 Å². The maximum atomic E-state index is 13.2. The monoisotopic (exact) mass is 431 g/mol. The molecule has 1 aliphatic heterocycles. The lowest BCUT2D eigenvalue weighted by molar-refractivity contribution is 0.0339. The normalized spacial score (nSPS) is 24.4. The summed E-state index contributed by atoms with van der Waals surface area (Å²) >= 11 is 0. The number of hydrogen-bond acceptors (Lipinski definition) is 4. The molecule has 2 aliphatic rings. The molecule has 1 N–H and O–H groups in total. The fourth-order valence-electron chi connectivity index (χ4n) is 6.18. The number of ether oxygens (including phenoxy) is 1. The molecule has 1 saturated carbocycles. The Morgan fingerprint density at radius 2 is 2.09 bits per heavy atom. The SMILES string of the molecule is CCN1CCCC12CCC(c1ccc3[nH]c(C)c(C(=O)OC(C)c4ccncc4)c3c1)C2. The molecule has 5 nitrogen and oxygen atoms in total. The van der Waals surface area contributed by atoms with Gasteiger partial charge in [0.1, 0.15) is 6.10 Å². The Hall–Kier alpha value is -2.66. The minimum Gasteiger partial charge on any atom is -0.454 e. The molecule has 5 rings (SSSR count). The summed E-state index contributed by atoms with van der Waals surface area (Å²) in [6.07, 6.45) is 9.51. The average molecular weight is 432 g/mol. The number of aromatic amines is 1. The third-order valence-electron chi connectivity index (χ3n) is 7.85. The molecule has 32 heavy (non-hydrogen) atoms. The zero-order chi connectivity index (χ0) is 22.3. The van der Waals surface area contributed by atoms with E-state index in [1.807, 2.05) is 26.0 Å². The van der Waals surface area contributed by atoms with Gasteiger partial charge in [-0.05, 0) is 100 Å². The van der Waals surface area contributed by atoms with E-state index >= 15 is 0 Å². The number of nitrogens with zero attached hydrogens (tertiary/aromatic N) is 2. The van der Waals surface area contributed by atoms with Gasteiger partial charge in [-0.2, -0.15) is 0 Å². The topological polar surface area (TPSA) is 58.2 Å². The number of rotatable bonds is 5. The van der Waals surface area contributed by atoms with Crippen molar-refractivity contribution in [2.45, 2.75) is 70.4 Å². The zero-order valence-electron chi connectivity index (χ0n) is 19.4. The predicted molar refractivity (Wildman–Crippen MR) is 127 cm³/mol. The average Bonchev–Trinajstić information content (AvgIpc) is 3.50. The minimum atomic E-state index is -0.324. The van der Waals surface area contributed by atoms with Crippen LogP contribution in [0.3, 0.4) is 0 Å². The number of carbonyl (C=O) groups is 1. The van der Waals surface area contributed by atoms with Gasteiger partial charge >= 0.3 is 5.97 Å². The number of pyridine rings is 1. The smallest absolute Gasteiger partial charge is 0.341 e. The van der Waals surface area contributed by atoms with E-state index in [9.17, 15) is 4.79 Å². The summed E-state index contributed by atoms with van der Waals surface area (Å²) in [5.74, 6) is 0.285. The second kappa shape index (κ2) is 8.36. The molecule has 1 spiro atoms. The van der Waals surface area contributed by atoms with Crippen molar-refractivity contribution in [2.24, 2.45) is 0 Å². The van der Waals surface area contributed by atoms with Crippen LogP contribution in [0.4, 0.5) is 0 Å². The molecular weight excluding hydrogens is 398 g/mol. The van der Waals surface area contributed by atoms with Crippen molar-refractivity contribution in [1.29, 1.82) is 0 Å². The third-order valence-corrected chi connectivity index (χ3v) is 7.85. The number of hydrogen-bond donors (Lipinski definition) is 1. The molecule has 1 aromatic carbocycles. The number of fused-ring (bicyclic) bond motifs is 1. The molecule has 5 heteroatoms. The molecule has 0 bridgehead atoms. The van der Waals surface area contributed by atoms with Crippen molar-refractivity contribution in [1.82, 2.24) is 14.9 Å². The van der Waals surface area contributed by atoms with Crippen LogP contribution in [0.1, 0.15) is 85.2 Å². The van der Waals surface area contributed by atoms with Gasteiger partial charge in [0.25, 0.3) is 0 Å². The van der Waals surface area contributed by atoms with Crippen LogP contribution < -0.4 is 0 Å². The van der Waals surface area contributed by atoms with E-state index in [4.69, 9.17) is 4.74 Å². The van der Waals surface area contributed by atoms with Crippen LogP contribution in [-0.4, -0.2) is 39.5 Å². The summed E-state index contributed by atoms with van der Waals surface area (Å²) < 4.78 is 5.85. The molecule has 0 radical (unpaired) electrons. The molecule has 3 heterocycles. The number of likely N-dealkylation sites (tertiary alicyclic amines) is 1. The minimum absolute atomic E-state index is 0.272. The third kappa shape index (κ3) is 3.62. The molecule has 1 saturated heterocycles. The lowest BCUT2D eigenvalue weighted by Crippen LogP contribution is -2.41. The number of esters is 1. The Labute approximate surface area is 190 Å². The Balaban J connectivity index is 1.41. The van der Waals surface area contributed by atoms with Gasteiger partial charge in [-0.3, -0.25) is 9.88 Å². The quantitative estimate of drug-likeness (QED) is 0.510. The Bertz CT molecular complexity index is 1120. The molecule has 3 unspecified atom stereocenters. The second-order valence-electron chi connectivity index (χ2n) is 9.61. The molecule has 2 aromatic heterocycles. The Morgan fingerprint density at radius 1 is 1.28 bits per heavy atom. The van der Waals surface area contributed by atoms with E-state index in [1.165, 1.54) is 44.2 Å². The highest BCUT2D eigenvalue weighted by Gasteiger charge is 2.45. The summed E-state index contributed by atoms with van der Waals surface area (Å²) in [5.41, 5.74) is 5.21. The first-order valence-electron chi connectivity index (χ1n) is 12.0. The number of nitrogens with one attached hydrogen (secondary N) is 1. The van der Waals surface area contributed by atoms with Gasteiger partial charge in [0, 0.05) is 34.5 Å². The van der Waals surface area contributed by atoms with Gasteiger partial charge in [-0.1, -0.05) is 13.0 Å². The summed E-state index contributed by atoms with van der Waals surface area (Å²) in [6, 6.07) is 10.4. The Morgan fingerprint density at radius 3 is 2.88 bits per heavy atom. The van der Waals surface area contributed by atoms with Crippen molar-refractivity contribution in [3.05, 3.63) is 65.1 Å². The Kier molecular flexibility index (Phi) is 5.54. The number of benzene rings is 1. The van der Waals surface area contributed by atoms with E-state index in [0.717, 1.165) is 28.7 Å². The molecule has 0 amide bonds. The maximum absolute atomic E-state index is 13.2. The number of aromatic nitrogens is 2. The van der Waals surface area contributed by atoms with Crippen LogP contribution >= 0.6 is 0 Å². The predicted octanol–water partition coefficient (Wildman–Crippen LogP) is 5.91. The van der Waals surface area contributed by atoms with Crippen LogP contribution in [0.5, 0.6) is 0 Å². The molecule has 3 aromatic rings. The first-order chi connectivity index (χ1) is 15.5. The maximum Gasteiger partial charge on any atom is 0.341 e. The van der Waals surface area contributed by atoms with Gasteiger partial charge in [0.05, 0.1) is 5.56 Å². The largest absolute Gasteiger partial charge is 0.454 e. The summed E-state index contributed by atoms with van der Waals surface area (Å²) in [5, 5.41) is 0.978. The zero-order valence-corrected chi connectivity index (χ0v) is 19.4. The summed E-state index contributed by atoms with van der Waals surface area (Å²) in [4.78, 5) is 23.3. The molecular formula is C27H33N3O2. The van der Waals surface area contributed by atoms with Crippen LogP contribution in [-0.2, 0) is 4.74 Å². The van der Waals surface area contributed by atoms with Crippen LogP contribution in [0.25, 0.3) is 10.9 Å². The summed E-state index contributed by atoms with van der Waals surface area (Å²) in [6.45, 7) is 8.54. The van der Waals surface area contributed by atoms with Crippen molar-refractivity contribution >= 4 is 16.9 Å². The van der Waals surface area contributed by atoms with Crippen molar-refractivity contribution in [2.75, 3.05) is 13.1 Å². The highest BCUT2D eigenvalue weighted by atomic mass is 16.5. The highest BCUT2D eigenvalue weighted by Crippen LogP contribution is 2.49. The van der Waals surface area contributed by atoms with Gasteiger partial charge < -0.3 is 9.72 Å². The fraction of sp³-hybridized carbons (Fsp3) is 0.481. The van der Waals surface area contributed by atoms with Gasteiger partial charge in [-0.15, -0.1) is 0 Å². The molecule has 2 fully saturated rings. The molecule has 1 aliphatic carbocycles. The van der Waals surface area contributed by atoms with Crippen molar-refractivity contribution in [3.63, 3.8) is 0 Å². The van der Waals surface area contributed by atoms with Gasteiger partial charge in [0.15, 0.2) is 0 Å². The fourth-order valence-corrected chi connectivity index (χ4v) is 6.18. The van der Waals surface area contributed by atoms with Gasteiger partial charge in [-0.25, -0.2) is 4.79 Å². The van der Waals surface area contributed by atoms with Gasteiger partial charge in [0.2, 0.25) is 0 Å².